The minimum absolute atomic E-state index is 0.0546. The smallest absolute Gasteiger partial charge is 0.335 e. The van der Waals surface area contributed by atoms with Gasteiger partial charge in [0.1, 0.15) is 0 Å². The summed E-state index contributed by atoms with van der Waals surface area (Å²) in [6, 6.07) is 9.97. The molecular weight excluding hydrogens is 216 g/mol. The first-order valence-corrected chi connectivity index (χ1v) is 5.70. The first-order valence-electron chi connectivity index (χ1n) is 5.70. The normalized spacial score (nSPS) is 25.9. The van der Waals surface area contributed by atoms with E-state index in [1.54, 1.807) is 0 Å². The maximum absolute atomic E-state index is 11.4. The molecule has 1 aliphatic rings. The molecule has 0 radical (unpaired) electrons. The molecule has 2 atom stereocenters. The fourth-order valence-electron chi connectivity index (χ4n) is 1.88. The maximum atomic E-state index is 11.4. The fourth-order valence-corrected chi connectivity index (χ4v) is 1.88. The Morgan fingerprint density at radius 3 is 2.71 bits per heavy atom. The van der Waals surface area contributed by atoms with E-state index in [1.807, 2.05) is 37.3 Å². The van der Waals surface area contributed by atoms with Crippen LogP contribution in [0, 0.1) is 5.92 Å². The zero-order valence-corrected chi connectivity index (χ0v) is 9.89. The van der Waals surface area contributed by atoms with Crippen molar-refractivity contribution in [1.82, 2.24) is 0 Å². The Kier molecular flexibility index (Phi) is 3.59. The lowest BCUT2D eigenvalue weighted by Crippen LogP contribution is -2.26. The number of carbonyl (C=O) groups excluding carboxylic acids is 1. The number of cyclic esters (lactones) is 1. The Hall–Kier alpha value is -1.61. The van der Waals surface area contributed by atoms with Crippen molar-refractivity contribution in [2.24, 2.45) is 5.92 Å². The molecule has 1 aromatic rings. The molecule has 2 unspecified atom stereocenters. The zero-order valence-electron chi connectivity index (χ0n) is 9.89. The summed E-state index contributed by atoms with van der Waals surface area (Å²) in [6.07, 6.45) is -0.0546. The van der Waals surface area contributed by atoms with E-state index in [1.165, 1.54) is 0 Å². The van der Waals surface area contributed by atoms with Gasteiger partial charge in [-0.3, -0.25) is 0 Å². The van der Waals surface area contributed by atoms with Crippen LogP contribution in [-0.2, 0) is 14.3 Å². The van der Waals surface area contributed by atoms with Gasteiger partial charge in [-0.25, -0.2) is 4.79 Å². The number of esters is 1. The largest absolute Gasteiger partial charge is 0.462 e. The number of benzene rings is 1. The minimum atomic E-state index is -0.358. The Morgan fingerprint density at radius 2 is 2.00 bits per heavy atom. The lowest BCUT2D eigenvalue weighted by molar-refractivity contribution is -0.146. The van der Waals surface area contributed by atoms with Crippen LogP contribution in [0.1, 0.15) is 18.6 Å². The minimum Gasteiger partial charge on any atom is -0.462 e. The van der Waals surface area contributed by atoms with Crippen molar-refractivity contribution >= 4 is 5.97 Å². The lowest BCUT2D eigenvalue weighted by Gasteiger charge is -2.27. The topological polar surface area (TPSA) is 35.5 Å². The molecule has 1 fully saturated rings. The highest BCUT2D eigenvalue weighted by atomic mass is 16.5. The van der Waals surface area contributed by atoms with Gasteiger partial charge in [-0.15, -0.1) is 0 Å². The fraction of sp³-hybridized carbons (Fsp3) is 0.357. The van der Waals surface area contributed by atoms with Crippen LogP contribution in [0.3, 0.4) is 0 Å². The van der Waals surface area contributed by atoms with Crippen LogP contribution >= 0.6 is 0 Å². The van der Waals surface area contributed by atoms with E-state index < -0.39 is 0 Å². The average molecular weight is 232 g/mol. The molecular formula is C14H16O3. The molecule has 3 nitrogen and oxygen atoms in total. The van der Waals surface area contributed by atoms with Crippen LogP contribution in [0.4, 0.5) is 0 Å². The second-order valence-electron chi connectivity index (χ2n) is 4.32. The number of rotatable bonds is 1. The highest BCUT2D eigenvalue weighted by molar-refractivity contribution is 5.88. The van der Waals surface area contributed by atoms with Gasteiger partial charge >= 0.3 is 5.97 Å². The number of hydrogen-bond acceptors (Lipinski definition) is 3. The van der Waals surface area contributed by atoms with E-state index in [-0.39, 0.29) is 24.6 Å². The Labute approximate surface area is 101 Å². The van der Waals surface area contributed by atoms with Gasteiger partial charge in [-0.05, 0) is 5.56 Å². The van der Waals surface area contributed by atoms with Gasteiger partial charge in [-0.2, -0.15) is 0 Å². The molecule has 0 bridgehead atoms. The third-order valence-electron chi connectivity index (χ3n) is 2.85. The zero-order chi connectivity index (χ0) is 12.3. The van der Waals surface area contributed by atoms with E-state index in [0.717, 1.165) is 5.56 Å². The van der Waals surface area contributed by atoms with Crippen molar-refractivity contribution < 1.29 is 14.3 Å². The summed E-state index contributed by atoms with van der Waals surface area (Å²) < 4.78 is 10.9. The first kappa shape index (κ1) is 11.9. The van der Waals surface area contributed by atoms with Gasteiger partial charge in [-0.1, -0.05) is 43.8 Å². The standard InChI is InChI=1S/C14H16O3/c1-10-8-17-14(15)11(2)9-16-13(10)12-6-4-3-5-7-12/h3-7,10,13H,2,8-9H2,1H3. The second-order valence-corrected chi connectivity index (χ2v) is 4.32. The van der Waals surface area contributed by atoms with Crippen molar-refractivity contribution in [3.8, 4) is 0 Å². The molecule has 0 saturated carbocycles. The van der Waals surface area contributed by atoms with E-state index >= 15 is 0 Å². The molecule has 0 N–H and O–H groups in total. The number of hydrogen-bond donors (Lipinski definition) is 0. The predicted molar refractivity (Wildman–Crippen MR) is 64.4 cm³/mol. The average Bonchev–Trinajstić information content (AvgIpc) is 2.36. The van der Waals surface area contributed by atoms with Crippen molar-refractivity contribution in [2.75, 3.05) is 13.2 Å². The monoisotopic (exact) mass is 232 g/mol. The summed E-state index contributed by atoms with van der Waals surface area (Å²) in [7, 11) is 0. The third-order valence-corrected chi connectivity index (χ3v) is 2.85. The molecule has 2 rings (SSSR count). The molecule has 90 valence electrons. The molecule has 1 heterocycles. The summed E-state index contributed by atoms with van der Waals surface area (Å²) in [5, 5.41) is 0. The molecule has 0 aliphatic carbocycles. The highest BCUT2D eigenvalue weighted by Gasteiger charge is 2.25. The Bertz CT molecular complexity index is 411. The van der Waals surface area contributed by atoms with Crippen molar-refractivity contribution in [3.05, 3.63) is 48.0 Å². The lowest BCUT2D eigenvalue weighted by atomic mass is 9.97. The molecule has 1 aliphatic heterocycles. The summed E-state index contributed by atoms with van der Waals surface area (Å²) in [6.45, 7) is 6.25. The molecule has 17 heavy (non-hydrogen) atoms. The van der Waals surface area contributed by atoms with E-state index in [9.17, 15) is 4.79 Å². The summed E-state index contributed by atoms with van der Waals surface area (Å²) in [4.78, 5) is 11.4. The summed E-state index contributed by atoms with van der Waals surface area (Å²) >= 11 is 0. The van der Waals surface area contributed by atoms with Crippen LogP contribution in [0.5, 0.6) is 0 Å². The van der Waals surface area contributed by atoms with E-state index in [0.29, 0.717) is 12.2 Å². The van der Waals surface area contributed by atoms with E-state index in [4.69, 9.17) is 9.47 Å². The van der Waals surface area contributed by atoms with Crippen LogP contribution < -0.4 is 0 Å². The van der Waals surface area contributed by atoms with Gasteiger partial charge in [0.25, 0.3) is 0 Å². The van der Waals surface area contributed by atoms with Crippen LogP contribution in [0.15, 0.2) is 42.5 Å². The quantitative estimate of drug-likeness (QED) is 0.551. The molecule has 1 aromatic carbocycles. The van der Waals surface area contributed by atoms with Gasteiger partial charge < -0.3 is 9.47 Å². The first-order chi connectivity index (χ1) is 8.18. The Morgan fingerprint density at radius 1 is 1.29 bits per heavy atom. The summed E-state index contributed by atoms with van der Waals surface area (Å²) in [5.41, 5.74) is 1.48. The maximum Gasteiger partial charge on any atom is 0.335 e. The van der Waals surface area contributed by atoms with Crippen molar-refractivity contribution in [2.45, 2.75) is 13.0 Å². The SMILES string of the molecule is C=C1COC(c2ccccc2)C(C)COC1=O. The van der Waals surface area contributed by atoms with Crippen LogP contribution in [0.25, 0.3) is 0 Å². The van der Waals surface area contributed by atoms with Crippen molar-refractivity contribution in [1.29, 1.82) is 0 Å². The second kappa shape index (κ2) is 5.15. The van der Waals surface area contributed by atoms with Crippen LogP contribution in [-0.4, -0.2) is 19.2 Å². The third kappa shape index (κ3) is 2.74. The van der Waals surface area contributed by atoms with Gasteiger partial charge in [0.2, 0.25) is 0 Å². The number of ether oxygens (including phenoxy) is 2. The molecule has 0 aromatic heterocycles. The highest BCUT2D eigenvalue weighted by Crippen LogP contribution is 2.28. The van der Waals surface area contributed by atoms with Crippen molar-refractivity contribution in [3.63, 3.8) is 0 Å². The van der Waals surface area contributed by atoms with Gasteiger partial charge in [0.05, 0.1) is 24.9 Å². The predicted octanol–water partition coefficient (Wildman–Crippen LogP) is 2.49. The molecule has 0 spiro atoms. The van der Waals surface area contributed by atoms with Gasteiger partial charge in [0, 0.05) is 5.92 Å². The molecule has 0 amide bonds. The molecule has 1 saturated heterocycles. The van der Waals surface area contributed by atoms with Gasteiger partial charge in [0.15, 0.2) is 0 Å². The van der Waals surface area contributed by atoms with E-state index in [2.05, 4.69) is 6.58 Å². The molecule has 3 heteroatoms. The summed E-state index contributed by atoms with van der Waals surface area (Å²) in [5.74, 6) is -0.224. The number of carbonyl (C=O) groups is 1. The van der Waals surface area contributed by atoms with Crippen LogP contribution in [0.2, 0.25) is 0 Å². The Balaban J connectivity index is 2.16.